The quantitative estimate of drug-likeness (QED) is 0.594. The van der Waals surface area contributed by atoms with Gasteiger partial charge in [0.05, 0.1) is 6.67 Å². The zero-order chi connectivity index (χ0) is 18.6. The van der Waals surface area contributed by atoms with E-state index in [-0.39, 0.29) is 0 Å². The molecule has 142 valence electrons. The Morgan fingerprint density at radius 2 is 1.81 bits per heavy atom. The van der Waals surface area contributed by atoms with Gasteiger partial charge in [0.25, 0.3) is 0 Å². The van der Waals surface area contributed by atoms with Gasteiger partial charge in [-0.2, -0.15) is 5.10 Å². The van der Waals surface area contributed by atoms with Crippen molar-refractivity contribution in [3.8, 4) is 11.4 Å². The van der Waals surface area contributed by atoms with Crippen molar-refractivity contribution in [3.05, 3.63) is 51.7 Å². The molecule has 4 rings (SSSR count). The van der Waals surface area contributed by atoms with E-state index in [1.807, 2.05) is 28.2 Å². The predicted molar refractivity (Wildman–Crippen MR) is 111 cm³/mol. The van der Waals surface area contributed by atoms with Crippen LogP contribution in [0.15, 0.2) is 42.0 Å². The van der Waals surface area contributed by atoms with Crippen LogP contribution in [0.3, 0.4) is 0 Å². The van der Waals surface area contributed by atoms with E-state index >= 15 is 0 Å². The summed E-state index contributed by atoms with van der Waals surface area (Å²) in [7, 11) is 0. The maximum absolute atomic E-state index is 5.69. The van der Waals surface area contributed by atoms with Crippen molar-refractivity contribution in [1.29, 1.82) is 0 Å². The average molecular weight is 401 g/mol. The van der Waals surface area contributed by atoms with E-state index < -0.39 is 0 Å². The summed E-state index contributed by atoms with van der Waals surface area (Å²) in [6.07, 6.45) is 3.59. The van der Waals surface area contributed by atoms with Crippen LogP contribution < -0.4 is 0 Å². The summed E-state index contributed by atoms with van der Waals surface area (Å²) in [6, 6.07) is 8.31. The van der Waals surface area contributed by atoms with E-state index in [2.05, 4.69) is 43.8 Å². The molecule has 0 aromatic carbocycles. The van der Waals surface area contributed by atoms with Crippen LogP contribution in [0.25, 0.3) is 11.4 Å². The highest BCUT2D eigenvalue weighted by Crippen LogP contribution is 2.18. The second-order valence-corrected chi connectivity index (χ2v) is 8.10. The maximum Gasteiger partial charge on any atom is 0.199 e. The molecule has 3 aromatic rings. The summed E-state index contributed by atoms with van der Waals surface area (Å²) in [6.45, 7) is 8.96. The molecule has 0 amide bonds. The number of hydrogen-bond acceptors (Lipinski definition) is 6. The first kappa shape index (κ1) is 18.5. The van der Waals surface area contributed by atoms with Crippen molar-refractivity contribution < 1.29 is 0 Å². The molecule has 0 aliphatic carbocycles. The lowest BCUT2D eigenvalue weighted by atomic mass is 10.2. The van der Waals surface area contributed by atoms with Crippen molar-refractivity contribution in [2.24, 2.45) is 0 Å². The van der Waals surface area contributed by atoms with E-state index in [0.29, 0.717) is 0 Å². The van der Waals surface area contributed by atoms with Gasteiger partial charge >= 0.3 is 0 Å². The standard InChI is InChI=1S/C19H24N6S2/c1-2-24-18(16-5-7-20-8-6-16)21-25(19(24)26)15-23-11-9-22(10-12-23)14-17-4-3-13-27-17/h3-8,13H,2,9-12,14-15H2,1H3. The Morgan fingerprint density at radius 3 is 2.48 bits per heavy atom. The zero-order valence-electron chi connectivity index (χ0n) is 15.5. The Kier molecular flexibility index (Phi) is 5.77. The zero-order valence-corrected chi connectivity index (χ0v) is 17.1. The van der Waals surface area contributed by atoms with Crippen molar-refractivity contribution in [3.63, 3.8) is 0 Å². The van der Waals surface area contributed by atoms with Gasteiger partial charge in [0, 0.05) is 62.1 Å². The maximum atomic E-state index is 5.69. The van der Waals surface area contributed by atoms with Crippen LogP contribution in [-0.2, 0) is 19.8 Å². The molecule has 0 radical (unpaired) electrons. The number of nitrogens with zero attached hydrogens (tertiary/aromatic N) is 6. The Hall–Kier alpha value is -1.87. The fourth-order valence-corrected chi connectivity index (χ4v) is 4.49. The molecule has 1 aliphatic rings. The molecular weight excluding hydrogens is 376 g/mol. The monoisotopic (exact) mass is 400 g/mol. The molecule has 0 spiro atoms. The topological polar surface area (TPSA) is 42.1 Å². The third kappa shape index (κ3) is 4.19. The summed E-state index contributed by atoms with van der Waals surface area (Å²) in [5.41, 5.74) is 1.05. The van der Waals surface area contributed by atoms with Crippen molar-refractivity contribution >= 4 is 23.6 Å². The van der Waals surface area contributed by atoms with Gasteiger partial charge in [-0.3, -0.25) is 14.8 Å². The predicted octanol–water partition coefficient (Wildman–Crippen LogP) is 3.33. The van der Waals surface area contributed by atoms with Gasteiger partial charge in [-0.1, -0.05) is 6.07 Å². The van der Waals surface area contributed by atoms with Crippen molar-refractivity contribution in [1.82, 2.24) is 29.1 Å². The lowest BCUT2D eigenvalue weighted by molar-refractivity contribution is 0.0987. The minimum Gasteiger partial charge on any atom is -0.300 e. The van der Waals surface area contributed by atoms with Crippen LogP contribution in [-0.4, -0.2) is 55.3 Å². The van der Waals surface area contributed by atoms with Crippen molar-refractivity contribution in [2.45, 2.75) is 26.7 Å². The first-order valence-electron chi connectivity index (χ1n) is 9.29. The number of hydrogen-bond donors (Lipinski definition) is 0. The lowest BCUT2D eigenvalue weighted by Crippen LogP contribution is -2.46. The molecule has 4 heterocycles. The minimum atomic E-state index is 0.747. The van der Waals surface area contributed by atoms with Gasteiger partial charge in [-0.15, -0.1) is 11.3 Å². The Bertz CT molecular complexity index is 908. The van der Waals surface area contributed by atoms with Gasteiger partial charge in [-0.25, -0.2) is 4.68 Å². The molecule has 0 bridgehead atoms. The normalized spacial score (nSPS) is 16.0. The fraction of sp³-hybridized carbons (Fsp3) is 0.421. The lowest BCUT2D eigenvalue weighted by Gasteiger charge is -2.34. The summed E-state index contributed by atoms with van der Waals surface area (Å²) in [4.78, 5) is 10.5. The van der Waals surface area contributed by atoms with Crippen LogP contribution in [0, 0.1) is 4.77 Å². The van der Waals surface area contributed by atoms with Crippen LogP contribution in [0.5, 0.6) is 0 Å². The molecule has 3 aromatic heterocycles. The second kappa shape index (κ2) is 8.43. The van der Waals surface area contributed by atoms with Gasteiger partial charge in [0.1, 0.15) is 0 Å². The molecule has 1 fully saturated rings. The van der Waals surface area contributed by atoms with Crippen LogP contribution in [0.2, 0.25) is 0 Å². The molecule has 0 saturated carbocycles. The van der Waals surface area contributed by atoms with Crippen LogP contribution in [0.1, 0.15) is 11.8 Å². The van der Waals surface area contributed by atoms with E-state index in [9.17, 15) is 0 Å². The Labute approximate surface area is 168 Å². The Balaban J connectivity index is 1.43. The number of piperazine rings is 1. The Morgan fingerprint density at radius 1 is 1.07 bits per heavy atom. The van der Waals surface area contributed by atoms with E-state index in [0.717, 1.165) is 62.1 Å². The highest BCUT2D eigenvalue weighted by molar-refractivity contribution is 7.71. The first-order valence-corrected chi connectivity index (χ1v) is 10.6. The van der Waals surface area contributed by atoms with Gasteiger partial charge in [-0.05, 0) is 42.7 Å². The molecule has 0 N–H and O–H groups in total. The van der Waals surface area contributed by atoms with Crippen LogP contribution in [0.4, 0.5) is 0 Å². The van der Waals surface area contributed by atoms with E-state index in [1.165, 1.54) is 4.88 Å². The summed E-state index contributed by atoms with van der Waals surface area (Å²) < 4.78 is 4.84. The smallest absolute Gasteiger partial charge is 0.199 e. The van der Waals surface area contributed by atoms with E-state index in [1.54, 1.807) is 12.4 Å². The molecule has 0 unspecified atom stereocenters. The highest BCUT2D eigenvalue weighted by atomic mass is 32.1. The summed E-state index contributed by atoms with van der Waals surface area (Å²) >= 11 is 7.53. The fourth-order valence-electron chi connectivity index (χ4n) is 3.43. The number of thiophene rings is 1. The van der Waals surface area contributed by atoms with Gasteiger partial charge < -0.3 is 4.57 Å². The number of rotatable bonds is 6. The van der Waals surface area contributed by atoms with Gasteiger partial charge in [0.15, 0.2) is 10.6 Å². The van der Waals surface area contributed by atoms with Gasteiger partial charge in [0.2, 0.25) is 0 Å². The second-order valence-electron chi connectivity index (χ2n) is 6.70. The molecule has 6 nitrogen and oxygen atoms in total. The largest absolute Gasteiger partial charge is 0.300 e. The molecule has 0 atom stereocenters. The van der Waals surface area contributed by atoms with Crippen molar-refractivity contribution in [2.75, 3.05) is 26.2 Å². The first-order chi connectivity index (χ1) is 13.2. The molecular formula is C19H24N6S2. The number of aromatic nitrogens is 4. The molecule has 1 aliphatic heterocycles. The third-order valence-corrected chi connectivity index (χ3v) is 6.23. The number of pyridine rings is 1. The summed E-state index contributed by atoms with van der Waals surface area (Å²) in [5, 5.41) is 6.97. The van der Waals surface area contributed by atoms with E-state index in [4.69, 9.17) is 17.3 Å². The third-order valence-electron chi connectivity index (χ3n) is 4.94. The SMILES string of the molecule is CCn1c(-c2ccncc2)nn(CN2CCN(Cc3cccs3)CC2)c1=S. The molecule has 1 saturated heterocycles. The summed E-state index contributed by atoms with van der Waals surface area (Å²) in [5.74, 6) is 0.918. The average Bonchev–Trinajstić information content (AvgIpc) is 3.32. The highest BCUT2D eigenvalue weighted by Gasteiger charge is 2.19. The molecule has 27 heavy (non-hydrogen) atoms. The molecule has 8 heteroatoms. The minimum absolute atomic E-state index is 0.747. The van der Waals surface area contributed by atoms with Crippen LogP contribution >= 0.6 is 23.6 Å².